The van der Waals surface area contributed by atoms with Gasteiger partial charge in [-0.3, -0.25) is 0 Å². The van der Waals surface area contributed by atoms with Crippen LogP contribution in [0.4, 0.5) is 0 Å². The second kappa shape index (κ2) is 16.8. The number of fused-ring (bicyclic) bond motifs is 6. The highest BCUT2D eigenvalue weighted by Gasteiger charge is 2.42. The molecule has 0 saturated heterocycles. The Morgan fingerprint density at radius 1 is 0.246 bits per heavy atom. The Balaban J connectivity index is 1.04. The Bertz CT molecular complexity index is 3870. The molecule has 0 fully saturated rings. The van der Waals surface area contributed by atoms with E-state index < -0.39 is 8.07 Å². The summed E-state index contributed by atoms with van der Waals surface area (Å²) in [6.07, 6.45) is 0. The second-order valence-corrected chi connectivity index (χ2v) is 21.8. The molecule has 0 aliphatic carbocycles. The molecule has 0 saturated carbocycles. The molecule has 0 aliphatic heterocycles. The predicted molar refractivity (Wildman–Crippen MR) is 295 cm³/mol. The molecule has 0 atom stereocenters. The number of hydrogen-bond donors (Lipinski definition) is 0. The maximum atomic E-state index is 2.49. The van der Waals surface area contributed by atoms with E-state index in [1.54, 1.807) is 0 Å². The van der Waals surface area contributed by atoms with Gasteiger partial charge in [-0.05, 0) is 103 Å². The van der Waals surface area contributed by atoms with Crippen molar-refractivity contribution in [3.63, 3.8) is 0 Å². The first-order chi connectivity index (χ1) is 34.3. The first kappa shape index (κ1) is 40.5. The van der Waals surface area contributed by atoms with Crippen LogP contribution in [-0.4, -0.2) is 17.2 Å². The number of rotatable bonds is 9. The molecule has 2 nitrogen and oxygen atoms in total. The first-order valence-corrected chi connectivity index (χ1v) is 25.8. The summed E-state index contributed by atoms with van der Waals surface area (Å²) >= 11 is 0. The number of nitrogens with zero attached hydrogens (tertiary/aromatic N) is 2. The van der Waals surface area contributed by atoms with Gasteiger partial charge >= 0.3 is 0 Å². The number of para-hydroxylation sites is 2. The lowest BCUT2D eigenvalue weighted by atomic mass is 9.99. The van der Waals surface area contributed by atoms with Crippen molar-refractivity contribution in [3.8, 4) is 44.8 Å². The summed E-state index contributed by atoms with van der Waals surface area (Å²) in [5, 5.41) is 10.3. The van der Waals surface area contributed by atoms with E-state index in [1.807, 2.05) is 0 Å². The molecule has 0 bridgehead atoms. The third-order valence-electron chi connectivity index (χ3n) is 14.3. The van der Waals surface area contributed by atoms with Crippen LogP contribution in [0.1, 0.15) is 0 Å². The van der Waals surface area contributed by atoms with Gasteiger partial charge in [-0.2, -0.15) is 0 Å². The van der Waals surface area contributed by atoms with E-state index in [9.17, 15) is 0 Å². The minimum absolute atomic E-state index is 1.13. The number of aromatic nitrogens is 2. The monoisotopic (exact) mass is 894 g/mol. The third kappa shape index (κ3) is 6.62. The maximum Gasteiger partial charge on any atom is 0.179 e. The molecule has 0 N–H and O–H groups in total. The second-order valence-electron chi connectivity index (χ2n) is 18.0. The van der Waals surface area contributed by atoms with Gasteiger partial charge < -0.3 is 9.13 Å². The van der Waals surface area contributed by atoms with Crippen molar-refractivity contribution in [3.05, 3.63) is 279 Å². The lowest BCUT2D eigenvalue weighted by molar-refractivity contribution is 1.17. The number of benzene rings is 11. The van der Waals surface area contributed by atoms with Gasteiger partial charge in [-0.15, -0.1) is 0 Å². The van der Waals surface area contributed by atoms with E-state index >= 15 is 0 Å². The van der Waals surface area contributed by atoms with Crippen molar-refractivity contribution in [2.75, 3.05) is 0 Å². The lowest BCUT2D eigenvalue weighted by Gasteiger charge is -2.35. The molecule has 69 heavy (non-hydrogen) atoms. The zero-order valence-corrected chi connectivity index (χ0v) is 39.0. The Morgan fingerprint density at radius 3 is 1.23 bits per heavy atom. The highest BCUT2D eigenvalue weighted by Crippen LogP contribution is 2.42. The van der Waals surface area contributed by atoms with Gasteiger partial charge in [-0.25, -0.2) is 0 Å². The van der Waals surface area contributed by atoms with Crippen molar-refractivity contribution in [1.82, 2.24) is 9.13 Å². The zero-order chi connectivity index (χ0) is 45.7. The van der Waals surface area contributed by atoms with Gasteiger partial charge in [0.15, 0.2) is 8.07 Å². The molecule has 0 amide bonds. The fourth-order valence-electron chi connectivity index (χ4n) is 11.3. The number of hydrogen-bond acceptors (Lipinski definition) is 0. The molecule has 0 unspecified atom stereocenters. The van der Waals surface area contributed by atoms with E-state index in [1.165, 1.54) is 103 Å². The highest BCUT2D eigenvalue weighted by molar-refractivity contribution is 7.20. The zero-order valence-electron chi connectivity index (χ0n) is 38.0. The molecule has 0 spiro atoms. The van der Waals surface area contributed by atoms with E-state index in [0.717, 1.165) is 5.69 Å². The largest absolute Gasteiger partial charge is 0.309 e. The summed E-state index contributed by atoms with van der Waals surface area (Å²) in [5.74, 6) is 0. The van der Waals surface area contributed by atoms with Crippen LogP contribution in [-0.2, 0) is 0 Å². The van der Waals surface area contributed by atoms with E-state index in [4.69, 9.17) is 0 Å². The molecule has 2 heterocycles. The predicted octanol–water partition coefficient (Wildman–Crippen LogP) is 14.3. The topological polar surface area (TPSA) is 9.86 Å². The maximum absolute atomic E-state index is 2.98. The lowest BCUT2D eigenvalue weighted by Crippen LogP contribution is -2.74. The third-order valence-corrected chi connectivity index (χ3v) is 19.0. The van der Waals surface area contributed by atoms with Crippen LogP contribution in [0.25, 0.3) is 88.4 Å². The highest BCUT2D eigenvalue weighted by atomic mass is 28.3. The smallest absolute Gasteiger partial charge is 0.179 e. The average Bonchev–Trinajstić information content (AvgIpc) is 3.96. The molecule has 3 heteroatoms. The molecule has 11 aromatic carbocycles. The molecule has 324 valence electrons. The van der Waals surface area contributed by atoms with Crippen molar-refractivity contribution >= 4 is 72.4 Å². The summed E-state index contributed by atoms with van der Waals surface area (Å²) in [6, 6.07) is 103. The van der Waals surface area contributed by atoms with Crippen LogP contribution < -0.4 is 20.7 Å². The van der Waals surface area contributed by atoms with Crippen LogP contribution in [0.3, 0.4) is 0 Å². The first-order valence-electron chi connectivity index (χ1n) is 23.8. The Kier molecular flexibility index (Phi) is 9.88. The fraction of sp³-hybridized carbons (Fsp3) is 0. The van der Waals surface area contributed by atoms with Gasteiger partial charge in [0.25, 0.3) is 0 Å². The minimum atomic E-state index is -2.98. The van der Waals surface area contributed by atoms with Crippen LogP contribution in [0.15, 0.2) is 279 Å². The fourth-order valence-corrected chi connectivity index (χ4v) is 16.1. The summed E-state index contributed by atoms with van der Waals surface area (Å²) in [4.78, 5) is 0. The van der Waals surface area contributed by atoms with Crippen molar-refractivity contribution in [2.24, 2.45) is 0 Å². The van der Waals surface area contributed by atoms with Crippen LogP contribution in [0, 0.1) is 0 Å². The van der Waals surface area contributed by atoms with Crippen molar-refractivity contribution in [1.29, 1.82) is 0 Å². The van der Waals surface area contributed by atoms with Crippen LogP contribution >= 0.6 is 0 Å². The molecule has 13 rings (SSSR count). The van der Waals surface area contributed by atoms with Crippen LogP contribution in [0.5, 0.6) is 0 Å². The minimum Gasteiger partial charge on any atom is -0.309 e. The molecule has 0 aliphatic rings. The summed E-state index contributed by atoms with van der Waals surface area (Å²) in [6.45, 7) is 0. The van der Waals surface area contributed by atoms with Gasteiger partial charge in [-0.1, -0.05) is 231 Å². The Labute approximate surface area is 403 Å². The summed E-state index contributed by atoms with van der Waals surface area (Å²) in [7, 11) is -2.98. The molecular weight excluding hydrogens is 849 g/mol. The van der Waals surface area contributed by atoms with Gasteiger partial charge in [0, 0.05) is 27.2 Å². The Morgan fingerprint density at radius 2 is 0.667 bits per heavy atom. The Hall–Kier alpha value is -8.76. The van der Waals surface area contributed by atoms with Gasteiger partial charge in [0.1, 0.15) is 0 Å². The SMILES string of the molecule is c1ccc(-c2cc(-c3ccccc3)cc([Si](c3ccccc3)(c3ccccc3)c3ccc(-n4c5ccccc5c5c(-n6c7ccccc7c7c(-c8ccccc8)cccc76)cccc54)cc3)c2)cc1. The quantitative estimate of drug-likeness (QED) is 0.101. The average molecular weight is 895 g/mol. The standard InChI is InChI=1S/C66H46N2Si/c1-6-22-47(23-7-1)50-44-51(48-24-8-2-9-25-48)46-56(45-50)69(53-28-12-4-13-29-53,54-30-14-5-15-31-54)55-42-40-52(41-43-55)67-60-35-18-17-33-59(60)66-63(67)38-21-39-64(66)68-61-36-19-16-32-58(61)65-57(34-20-37-62(65)68)49-26-10-3-11-27-49/h1-46H. The van der Waals surface area contributed by atoms with E-state index in [2.05, 4.69) is 288 Å². The van der Waals surface area contributed by atoms with Crippen LogP contribution in [0.2, 0.25) is 0 Å². The van der Waals surface area contributed by atoms with Gasteiger partial charge in [0.05, 0.1) is 27.8 Å². The van der Waals surface area contributed by atoms with E-state index in [0.29, 0.717) is 0 Å². The molecule has 0 radical (unpaired) electrons. The molecular formula is C66H46N2Si. The molecule has 13 aromatic rings. The van der Waals surface area contributed by atoms with E-state index in [-0.39, 0.29) is 0 Å². The normalized spacial score (nSPS) is 11.8. The summed E-state index contributed by atoms with van der Waals surface area (Å²) in [5.41, 5.74) is 14.3. The van der Waals surface area contributed by atoms with Crippen molar-refractivity contribution in [2.45, 2.75) is 0 Å². The van der Waals surface area contributed by atoms with Crippen molar-refractivity contribution < 1.29 is 0 Å². The van der Waals surface area contributed by atoms with Gasteiger partial charge in [0.2, 0.25) is 0 Å². The molecule has 2 aromatic heterocycles. The summed E-state index contributed by atoms with van der Waals surface area (Å²) < 4.78 is 4.96.